The Kier molecular flexibility index (Phi) is 13.3. The number of amides is 3. The number of terminal acetylenes is 1. The quantitative estimate of drug-likeness (QED) is 0.102. The number of hydrogen-bond acceptors (Lipinski definition) is 14. The van der Waals surface area contributed by atoms with Crippen LogP contribution in [0.1, 0.15) is 113 Å². The maximum Gasteiger partial charge on any atom is 0.409 e. The minimum Gasteiger partial charge on any atom is -0.461 e. The number of fused-ring (bicyclic) bond motifs is 5. The van der Waals surface area contributed by atoms with E-state index < -0.39 is 17.6 Å². The van der Waals surface area contributed by atoms with Gasteiger partial charge in [-0.2, -0.15) is 15.1 Å². The van der Waals surface area contributed by atoms with Gasteiger partial charge in [0.15, 0.2) is 5.82 Å². The second-order valence-corrected chi connectivity index (χ2v) is 24.2. The smallest absolute Gasteiger partial charge is 0.409 e. The molecule has 3 amide bonds. The summed E-state index contributed by atoms with van der Waals surface area (Å²) in [4.78, 5) is 61.9. The molecule has 14 rings (SSSR count). The summed E-state index contributed by atoms with van der Waals surface area (Å²) >= 11 is 0. The van der Waals surface area contributed by atoms with E-state index in [1.807, 2.05) is 22.7 Å². The number of piperidine rings is 2. The molecule has 422 valence electrons. The van der Waals surface area contributed by atoms with Crippen LogP contribution in [0.3, 0.4) is 0 Å². The molecule has 8 aliphatic rings. The van der Waals surface area contributed by atoms with Crippen molar-refractivity contribution in [1.29, 1.82) is 0 Å². The third-order valence-corrected chi connectivity index (χ3v) is 19.5. The monoisotopic (exact) mass is 1100 g/mol. The summed E-state index contributed by atoms with van der Waals surface area (Å²) in [5, 5.41) is 9.81. The Labute approximate surface area is 469 Å². The van der Waals surface area contributed by atoms with Gasteiger partial charge in [0.1, 0.15) is 36.1 Å². The van der Waals surface area contributed by atoms with Crippen molar-refractivity contribution < 1.29 is 42.1 Å². The number of pyridine rings is 1. The Morgan fingerprint density at radius 1 is 0.889 bits per heavy atom. The zero-order valence-corrected chi connectivity index (χ0v) is 45.9. The standard InChI is InChI=1S/C62H68F2N10O7/c1-3-43-47(63)14-9-37-7-4-8-45(51(37)43)55-53(64)56-52-48(65-55)15-11-39-32-78-30-6-26-73(39)57(52)68-59(67-56)80-36-62-22-5-27-74(62)40(17-25-62)33-79-60(77)72-34-61(35-72)23-18-41(19-24-61)81-42-20-28-71(29-21-42)38-10-12-44-49(31-38)70(2)69-54(44)46-13-16-50(75)66-58(46)76/h1,4,7-10,12,14,31,39-42,46H,5-6,11,13,15-30,32-36H2,2H3,(H,66,75,76)/t39-,40-,46?,62-/m0/s1. The molecule has 81 heavy (non-hydrogen) atoms. The summed E-state index contributed by atoms with van der Waals surface area (Å²) in [5.74, 6) is 0.963. The number of nitrogens with one attached hydrogen (secondary N) is 1. The highest BCUT2D eigenvalue weighted by Crippen LogP contribution is 2.47. The average molecular weight is 1100 g/mol. The molecule has 1 unspecified atom stereocenters. The van der Waals surface area contributed by atoms with E-state index in [-0.39, 0.29) is 75.9 Å². The Morgan fingerprint density at radius 3 is 2.56 bits per heavy atom. The summed E-state index contributed by atoms with van der Waals surface area (Å²) in [7, 11) is 1.91. The fourth-order valence-electron chi connectivity index (χ4n) is 15.2. The number of anilines is 2. The minimum absolute atomic E-state index is 0.00468. The van der Waals surface area contributed by atoms with Crippen molar-refractivity contribution in [2.24, 2.45) is 12.5 Å². The molecule has 10 heterocycles. The lowest BCUT2D eigenvalue weighted by Gasteiger charge is -2.53. The lowest BCUT2D eigenvalue weighted by atomic mass is 9.68. The van der Waals surface area contributed by atoms with Crippen LogP contribution in [0.4, 0.5) is 25.1 Å². The zero-order chi connectivity index (χ0) is 55.1. The highest BCUT2D eigenvalue weighted by atomic mass is 19.1. The van der Waals surface area contributed by atoms with Crippen molar-refractivity contribution in [3.63, 3.8) is 0 Å². The van der Waals surface area contributed by atoms with Gasteiger partial charge in [0.25, 0.3) is 0 Å². The van der Waals surface area contributed by atoms with Gasteiger partial charge >= 0.3 is 12.1 Å². The number of likely N-dealkylation sites (tertiary alicyclic amines) is 1. The van der Waals surface area contributed by atoms with Crippen molar-refractivity contribution in [1.82, 2.24) is 39.8 Å². The van der Waals surface area contributed by atoms with E-state index in [0.29, 0.717) is 98.6 Å². The maximum absolute atomic E-state index is 17.5. The predicted octanol–water partition coefficient (Wildman–Crippen LogP) is 8.50. The van der Waals surface area contributed by atoms with Gasteiger partial charge in [-0.05, 0) is 126 Å². The van der Waals surface area contributed by atoms with E-state index in [9.17, 15) is 14.4 Å². The average Bonchev–Trinajstić information content (AvgIpc) is 4.11. The molecular weight excluding hydrogens is 1030 g/mol. The Bertz CT molecular complexity index is 3550. The molecule has 6 saturated heterocycles. The third kappa shape index (κ3) is 9.29. The highest BCUT2D eigenvalue weighted by Gasteiger charge is 2.52. The number of aryl methyl sites for hydroxylation is 2. The fourth-order valence-corrected chi connectivity index (χ4v) is 15.2. The number of rotatable bonds is 10. The summed E-state index contributed by atoms with van der Waals surface area (Å²) in [6.45, 7) is 6.49. The molecule has 19 heteroatoms. The number of carbonyl (C=O) groups is 3. The molecular formula is C62H68F2N10O7. The van der Waals surface area contributed by atoms with Gasteiger partial charge in [-0.3, -0.25) is 24.5 Å². The van der Waals surface area contributed by atoms with E-state index in [4.69, 9.17) is 45.4 Å². The van der Waals surface area contributed by atoms with Gasteiger partial charge in [-0.25, -0.2) is 18.6 Å². The van der Waals surface area contributed by atoms with Crippen LogP contribution in [0.2, 0.25) is 0 Å². The lowest BCUT2D eigenvalue weighted by molar-refractivity contribution is -0.134. The first-order chi connectivity index (χ1) is 39.4. The van der Waals surface area contributed by atoms with E-state index >= 15 is 8.78 Å². The number of halogens is 2. The number of imide groups is 1. The molecule has 4 atom stereocenters. The minimum atomic E-state index is -0.641. The van der Waals surface area contributed by atoms with Crippen LogP contribution in [0.25, 0.3) is 43.8 Å². The molecule has 0 radical (unpaired) electrons. The molecule has 3 aromatic carbocycles. The fraction of sp³-hybridized carbons (Fsp3) is 0.532. The SMILES string of the molecule is C#Cc1c(F)ccc2cccc(-c3nc4c5c(nc(OC[C@@]67CCCN6[C@H](COC(=O)N6CC8(CCC(OC9CCN(c%10ccc%11c(C%12CCC(=O)NC%12=O)nn(C)c%11c%10)CC9)CC8)C6)CC7)nc5c3F)N3CCCOC[C@@H]3CC4)c12. The van der Waals surface area contributed by atoms with Crippen LogP contribution >= 0.6 is 0 Å². The van der Waals surface area contributed by atoms with Crippen molar-refractivity contribution in [2.45, 2.75) is 132 Å². The number of aromatic nitrogens is 5. The highest BCUT2D eigenvalue weighted by molar-refractivity contribution is 6.04. The van der Waals surface area contributed by atoms with Crippen LogP contribution in [-0.2, 0) is 37.3 Å². The van der Waals surface area contributed by atoms with E-state index in [0.717, 1.165) is 119 Å². The summed E-state index contributed by atoms with van der Waals surface area (Å²) in [6, 6.07) is 14.8. The number of nitrogens with zero attached hydrogens (tertiary/aromatic N) is 9. The third-order valence-electron chi connectivity index (χ3n) is 19.5. The van der Waals surface area contributed by atoms with Crippen molar-refractivity contribution in [3.8, 4) is 29.6 Å². The first-order valence-electron chi connectivity index (χ1n) is 29.4. The van der Waals surface area contributed by atoms with Gasteiger partial charge in [0.2, 0.25) is 11.8 Å². The normalized spacial score (nSPS) is 25.2. The largest absolute Gasteiger partial charge is 0.461 e. The number of benzene rings is 3. The first-order valence-corrected chi connectivity index (χ1v) is 29.4. The zero-order valence-electron chi connectivity index (χ0n) is 45.9. The van der Waals surface area contributed by atoms with E-state index in [1.165, 1.54) is 6.07 Å². The molecule has 7 aliphatic heterocycles. The summed E-state index contributed by atoms with van der Waals surface area (Å²) < 4.78 is 60.1. The van der Waals surface area contributed by atoms with Crippen LogP contribution in [0.15, 0.2) is 48.5 Å². The van der Waals surface area contributed by atoms with Crippen molar-refractivity contribution in [3.05, 3.63) is 77.1 Å². The molecule has 0 bridgehead atoms. The molecule has 7 fully saturated rings. The van der Waals surface area contributed by atoms with E-state index in [2.05, 4.69) is 44.1 Å². The van der Waals surface area contributed by atoms with Crippen LogP contribution < -0.4 is 19.9 Å². The second-order valence-electron chi connectivity index (χ2n) is 24.2. The van der Waals surface area contributed by atoms with Crippen LogP contribution in [0, 0.1) is 29.4 Å². The van der Waals surface area contributed by atoms with Crippen molar-refractivity contribution in [2.75, 3.05) is 75.5 Å². The molecule has 1 N–H and O–H groups in total. The van der Waals surface area contributed by atoms with Gasteiger partial charge in [0.05, 0.1) is 64.2 Å². The molecule has 1 aliphatic carbocycles. The Balaban J connectivity index is 0.585. The number of hydrogen-bond donors (Lipinski definition) is 1. The molecule has 3 aromatic heterocycles. The molecule has 17 nitrogen and oxygen atoms in total. The number of ether oxygens (including phenoxy) is 4. The van der Waals surface area contributed by atoms with Crippen molar-refractivity contribution >= 4 is 62.0 Å². The summed E-state index contributed by atoms with van der Waals surface area (Å²) in [6.07, 6.45) is 18.4. The van der Waals surface area contributed by atoms with Gasteiger partial charge in [-0.15, -0.1) is 6.42 Å². The Hall–Kier alpha value is -7.01. The molecule has 1 saturated carbocycles. The topological polar surface area (TPSA) is 170 Å². The van der Waals surface area contributed by atoms with Gasteiger partial charge in [0, 0.05) is 86.3 Å². The maximum atomic E-state index is 17.5. The van der Waals surface area contributed by atoms with Crippen LogP contribution in [0.5, 0.6) is 6.01 Å². The Morgan fingerprint density at radius 2 is 1.73 bits per heavy atom. The molecule has 6 aromatic rings. The predicted molar refractivity (Wildman–Crippen MR) is 300 cm³/mol. The van der Waals surface area contributed by atoms with Gasteiger partial charge < -0.3 is 33.6 Å². The van der Waals surface area contributed by atoms with E-state index in [1.54, 1.807) is 18.2 Å². The lowest BCUT2D eigenvalue weighted by Crippen LogP contribution is -2.60. The second kappa shape index (κ2) is 20.8. The first kappa shape index (κ1) is 52.1. The summed E-state index contributed by atoms with van der Waals surface area (Å²) in [5.41, 5.74) is 3.93. The van der Waals surface area contributed by atoms with Crippen LogP contribution in [-0.4, -0.2) is 148 Å². The number of carbonyl (C=O) groups excluding carboxylic acids is 3. The molecule has 1 spiro atoms. The van der Waals surface area contributed by atoms with Gasteiger partial charge in [-0.1, -0.05) is 30.2 Å².